The van der Waals surface area contributed by atoms with Gasteiger partial charge >= 0.3 is 17.9 Å². The molecule has 0 bridgehead atoms. The van der Waals surface area contributed by atoms with Gasteiger partial charge in [0.25, 0.3) is 0 Å². The molecule has 3 aliphatic rings. The number of aliphatic hydroxyl groups is 2. The van der Waals surface area contributed by atoms with E-state index in [4.69, 9.17) is 14.2 Å². The van der Waals surface area contributed by atoms with Gasteiger partial charge in [-0.1, -0.05) is 63.2 Å². The van der Waals surface area contributed by atoms with Gasteiger partial charge < -0.3 is 24.4 Å². The van der Waals surface area contributed by atoms with Crippen LogP contribution in [-0.4, -0.2) is 69.7 Å². The van der Waals surface area contributed by atoms with Crippen LogP contribution in [0.2, 0.25) is 0 Å². The van der Waals surface area contributed by atoms with Crippen LogP contribution in [0.15, 0.2) is 73.3 Å². The summed E-state index contributed by atoms with van der Waals surface area (Å²) in [5.74, 6) is -6.01. The average Bonchev–Trinajstić information content (AvgIpc) is 3.02. The van der Waals surface area contributed by atoms with Gasteiger partial charge in [-0.25, -0.2) is 9.59 Å². The Morgan fingerprint density at radius 2 is 1.35 bits per heavy atom. The Kier molecular flexibility index (Phi) is 8.36. The van der Waals surface area contributed by atoms with Gasteiger partial charge in [0.2, 0.25) is 0 Å². The molecule has 3 fully saturated rings. The van der Waals surface area contributed by atoms with Crippen molar-refractivity contribution >= 4 is 29.5 Å². The summed E-state index contributed by atoms with van der Waals surface area (Å²) in [6.07, 6.45) is -5.20. The third-order valence-electron chi connectivity index (χ3n) is 10.6. The molecule has 0 saturated heterocycles. The summed E-state index contributed by atoms with van der Waals surface area (Å²) < 4.78 is 17.7. The fourth-order valence-corrected chi connectivity index (χ4v) is 8.45. The van der Waals surface area contributed by atoms with Crippen molar-refractivity contribution in [2.24, 2.45) is 28.1 Å². The minimum Gasteiger partial charge on any atom is -0.459 e. The molecule has 0 amide bonds. The number of hydrogen-bond donors (Lipinski definition) is 2. The predicted molar refractivity (Wildman–Crippen MR) is 164 cm³/mol. The number of Topliss-reactive ketones (excluding diaryl/α,β-unsaturated/α-hetero) is 2. The van der Waals surface area contributed by atoms with Crippen LogP contribution in [0.5, 0.6) is 0 Å². The summed E-state index contributed by atoms with van der Waals surface area (Å²) in [7, 11) is 0. The van der Waals surface area contributed by atoms with Gasteiger partial charge in [-0.15, -0.1) is 6.58 Å². The highest BCUT2D eigenvalue weighted by Crippen LogP contribution is 2.66. The number of carbonyl (C=O) groups is 5. The zero-order chi connectivity index (χ0) is 33.8. The molecule has 10 heteroatoms. The highest BCUT2D eigenvalue weighted by Gasteiger charge is 2.78. The van der Waals surface area contributed by atoms with Gasteiger partial charge in [0, 0.05) is 24.2 Å². The van der Waals surface area contributed by atoms with Crippen molar-refractivity contribution in [3.63, 3.8) is 0 Å². The average molecular weight is 633 g/mol. The van der Waals surface area contributed by atoms with Gasteiger partial charge in [-0.3, -0.25) is 14.4 Å². The van der Waals surface area contributed by atoms with Crippen molar-refractivity contribution in [1.29, 1.82) is 0 Å². The number of hydrogen-bond acceptors (Lipinski definition) is 10. The molecule has 9 atom stereocenters. The van der Waals surface area contributed by atoms with Crippen LogP contribution in [0.3, 0.4) is 0 Å². The summed E-state index contributed by atoms with van der Waals surface area (Å²) in [5, 5.41) is 24.6. The quantitative estimate of drug-likeness (QED) is 0.273. The number of ether oxygens (including phenoxy) is 3. The smallest absolute Gasteiger partial charge is 0.338 e. The van der Waals surface area contributed by atoms with Gasteiger partial charge in [0.15, 0.2) is 11.4 Å². The van der Waals surface area contributed by atoms with E-state index in [9.17, 15) is 34.2 Å². The van der Waals surface area contributed by atoms with Gasteiger partial charge in [-0.2, -0.15) is 0 Å². The zero-order valence-corrected chi connectivity index (χ0v) is 26.6. The van der Waals surface area contributed by atoms with Crippen LogP contribution >= 0.6 is 0 Å². The lowest BCUT2D eigenvalue weighted by atomic mass is 9.39. The molecular formula is C36H40O10. The summed E-state index contributed by atoms with van der Waals surface area (Å²) in [5.41, 5.74) is -6.41. The Bertz CT molecular complexity index is 1570. The lowest BCUT2D eigenvalue weighted by molar-refractivity contribution is -0.290. The maximum Gasteiger partial charge on any atom is 0.338 e. The van der Waals surface area contributed by atoms with E-state index in [-0.39, 0.29) is 24.0 Å². The van der Waals surface area contributed by atoms with E-state index in [2.05, 4.69) is 6.58 Å². The number of carbonyl (C=O) groups excluding carboxylic acids is 5. The van der Waals surface area contributed by atoms with Crippen LogP contribution < -0.4 is 0 Å². The van der Waals surface area contributed by atoms with Crippen LogP contribution in [0, 0.1) is 28.1 Å². The molecule has 0 spiro atoms. The van der Waals surface area contributed by atoms with Crippen molar-refractivity contribution in [1.82, 2.24) is 0 Å². The first kappa shape index (κ1) is 33.2. The van der Waals surface area contributed by atoms with Crippen molar-refractivity contribution in [2.75, 3.05) is 0 Å². The number of benzene rings is 2. The molecule has 5 rings (SSSR count). The van der Waals surface area contributed by atoms with Crippen molar-refractivity contribution in [3.8, 4) is 0 Å². The first-order valence-electron chi connectivity index (χ1n) is 15.3. The number of aliphatic hydroxyl groups excluding tert-OH is 1. The number of ketones is 2. The normalized spacial score (nSPS) is 36.4. The predicted octanol–water partition coefficient (Wildman–Crippen LogP) is 3.88. The highest BCUT2D eigenvalue weighted by molar-refractivity contribution is 6.06. The van der Waals surface area contributed by atoms with Crippen molar-refractivity contribution in [2.45, 2.75) is 77.5 Å². The molecule has 46 heavy (non-hydrogen) atoms. The molecule has 0 radical (unpaired) electrons. The Morgan fingerprint density at radius 1 is 0.848 bits per heavy atom. The van der Waals surface area contributed by atoms with Gasteiger partial charge in [0.1, 0.15) is 30.2 Å². The first-order chi connectivity index (χ1) is 21.5. The van der Waals surface area contributed by atoms with Crippen LogP contribution in [0.1, 0.15) is 68.2 Å². The lowest BCUT2D eigenvalue weighted by Crippen LogP contribution is -2.80. The summed E-state index contributed by atoms with van der Waals surface area (Å²) >= 11 is 0. The lowest BCUT2D eigenvalue weighted by Gasteiger charge is -2.67. The van der Waals surface area contributed by atoms with Gasteiger partial charge in [-0.05, 0) is 43.5 Å². The standard InChI is InChI=1S/C36H40O10/c1-7-34(5)19-23(38)27-35(6)24(18-25(44-20(2)37)36(27,43)32(34)42)33(3,4)28(45-30(40)21-14-10-8-11-15-21)26(39)29(35)46-31(41)22-16-12-9-13-17-22/h7-17,24-29,39,43H,1,18-19H2,2-6H3/t24-,25+,26+,27+,28+,29-,34-,35-,36-/m0/s1. The minimum atomic E-state index is -2.55. The molecule has 244 valence electrons. The number of allylic oxidation sites excluding steroid dienone is 1. The van der Waals surface area contributed by atoms with E-state index in [0.717, 1.165) is 6.92 Å². The topological polar surface area (TPSA) is 154 Å². The fourth-order valence-electron chi connectivity index (χ4n) is 8.45. The Balaban J connectivity index is 1.70. The zero-order valence-electron chi connectivity index (χ0n) is 26.6. The Morgan fingerprint density at radius 3 is 1.83 bits per heavy atom. The molecule has 2 aromatic rings. The number of rotatable bonds is 6. The first-order valence-corrected chi connectivity index (χ1v) is 15.3. The van der Waals surface area contributed by atoms with E-state index in [0.29, 0.717) is 0 Å². The van der Waals surface area contributed by atoms with Gasteiger partial charge in [0.05, 0.1) is 22.5 Å². The molecule has 3 saturated carbocycles. The second kappa shape index (κ2) is 11.6. The molecule has 0 unspecified atom stereocenters. The highest BCUT2D eigenvalue weighted by atomic mass is 16.6. The van der Waals surface area contributed by atoms with Crippen LogP contribution in [0.25, 0.3) is 0 Å². The molecule has 2 N–H and O–H groups in total. The molecule has 0 aromatic heterocycles. The summed E-state index contributed by atoms with van der Waals surface area (Å²) in [6.45, 7) is 11.4. The fraction of sp³-hybridized carbons (Fsp3) is 0.472. The van der Waals surface area contributed by atoms with Crippen LogP contribution in [0.4, 0.5) is 0 Å². The van der Waals surface area contributed by atoms with E-state index in [1.54, 1.807) is 69.3 Å². The summed E-state index contributed by atoms with van der Waals surface area (Å²) in [6, 6.07) is 16.2. The minimum absolute atomic E-state index is 0.159. The monoisotopic (exact) mass is 632 g/mol. The number of fused-ring (bicyclic) bond motifs is 3. The summed E-state index contributed by atoms with van der Waals surface area (Å²) in [4.78, 5) is 67.9. The maximum atomic E-state index is 14.3. The second-order valence-electron chi connectivity index (χ2n) is 13.8. The molecule has 10 nitrogen and oxygen atoms in total. The third-order valence-corrected chi connectivity index (χ3v) is 10.6. The Labute approximate surface area is 267 Å². The maximum absolute atomic E-state index is 14.3. The van der Waals surface area contributed by atoms with E-state index in [1.165, 1.54) is 25.1 Å². The van der Waals surface area contributed by atoms with Crippen molar-refractivity contribution in [3.05, 3.63) is 84.4 Å². The third kappa shape index (κ3) is 4.98. The second-order valence-corrected chi connectivity index (χ2v) is 13.8. The largest absolute Gasteiger partial charge is 0.459 e. The Hall–Kier alpha value is -4.15. The van der Waals surface area contributed by atoms with Crippen LogP contribution in [-0.2, 0) is 28.6 Å². The molecule has 2 aromatic carbocycles. The van der Waals surface area contributed by atoms with Crippen molar-refractivity contribution < 1.29 is 48.4 Å². The van der Waals surface area contributed by atoms with E-state index in [1.807, 2.05) is 0 Å². The molecule has 0 heterocycles. The van der Waals surface area contributed by atoms with E-state index >= 15 is 0 Å². The molecule has 0 aliphatic heterocycles. The van der Waals surface area contributed by atoms with E-state index < -0.39 is 87.6 Å². The number of esters is 3. The molecular weight excluding hydrogens is 592 g/mol. The molecule has 3 aliphatic carbocycles. The SMILES string of the molecule is C=C[C@@]1(C)CC(=O)[C@H]2[C@](O)(C1=O)[C@H](OC(C)=O)C[C@H]1C(C)(C)[C@H](OC(=O)c3ccccc3)[C@@H](O)[C@H](OC(=O)c3ccccc3)[C@@]12C.